The van der Waals surface area contributed by atoms with E-state index < -0.39 is 17.9 Å². The minimum Gasteiger partial charge on any atom is -0.492 e. The van der Waals surface area contributed by atoms with Crippen LogP contribution >= 0.6 is 11.6 Å². The molecule has 1 aromatic rings. The predicted octanol–water partition coefficient (Wildman–Crippen LogP) is 2.24. The second-order valence-corrected chi connectivity index (χ2v) is 9.08. The fourth-order valence-electron chi connectivity index (χ4n) is 4.55. The number of nitrogens with zero attached hydrogens (tertiary/aromatic N) is 1. The van der Waals surface area contributed by atoms with Crippen LogP contribution in [0.1, 0.15) is 42.1 Å². The highest BCUT2D eigenvalue weighted by Gasteiger charge is 2.33. The number of rotatable bonds is 7. The Morgan fingerprint density at radius 3 is 2.90 bits per heavy atom. The summed E-state index contributed by atoms with van der Waals surface area (Å²) in [7, 11) is 0. The monoisotopic (exact) mass is 454 g/mol. The summed E-state index contributed by atoms with van der Waals surface area (Å²) in [5, 5.41) is 10.9. The molecule has 0 aromatic heterocycles. The Balaban J connectivity index is 1.24. The largest absolute Gasteiger partial charge is 0.492 e. The third-order valence-corrected chi connectivity index (χ3v) is 6.74. The molecular weight excluding hydrogens is 424 g/mol. The quantitative estimate of drug-likeness (QED) is 0.477. The molecule has 3 N–H and O–H groups in total. The van der Waals surface area contributed by atoms with Crippen molar-refractivity contribution in [3.8, 4) is 5.75 Å². The molecule has 9 heteroatoms. The Morgan fingerprint density at radius 2 is 2.16 bits per heavy atom. The Hall–Kier alpha value is -1.58. The van der Waals surface area contributed by atoms with Crippen LogP contribution in [0.15, 0.2) is 6.07 Å². The number of piperidine rings is 1. The van der Waals surface area contributed by atoms with Gasteiger partial charge in [-0.1, -0.05) is 11.6 Å². The zero-order valence-corrected chi connectivity index (χ0v) is 18.7. The van der Waals surface area contributed by atoms with Crippen LogP contribution < -0.4 is 10.5 Å². The number of halogens is 1. The van der Waals surface area contributed by atoms with Crippen LogP contribution in [-0.4, -0.2) is 73.9 Å². The molecule has 2 saturated heterocycles. The van der Waals surface area contributed by atoms with Crippen molar-refractivity contribution in [2.24, 2.45) is 5.92 Å². The first-order valence-electron chi connectivity index (χ1n) is 11.0. The molecule has 2 fully saturated rings. The van der Waals surface area contributed by atoms with E-state index in [-0.39, 0.29) is 12.5 Å². The highest BCUT2D eigenvalue weighted by molar-refractivity contribution is 6.33. The zero-order chi connectivity index (χ0) is 22.0. The second kappa shape index (κ2) is 9.50. The number of benzene rings is 1. The lowest BCUT2D eigenvalue weighted by Gasteiger charge is -2.36. The molecular formula is C22H31ClN2O6. The van der Waals surface area contributed by atoms with Crippen LogP contribution in [0.25, 0.3) is 0 Å². The number of hydrogen-bond acceptors (Lipinski definition) is 8. The fraction of sp³-hybridized carbons (Fsp3) is 0.682. The molecule has 4 rings (SSSR count). The third-order valence-electron chi connectivity index (χ3n) is 6.43. The molecule has 3 aliphatic heterocycles. The Bertz CT molecular complexity index is 814. The number of nitrogen functional groups attached to an aromatic ring is 1. The number of β-amino-alcohol motifs (C(OH)–C–C–N with tert-alkyl or cyclic N) is 1. The van der Waals surface area contributed by atoms with Gasteiger partial charge >= 0.3 is 5.97 Å². The van der Waals surface area contributed by atoms with Gasteiger partial charge < -0.3 is 34.7 Å². The maximum atomic E-state index is 12.7. The summed E-state index contributed by atoms with van der Waals surface area (Å²) < 4.78 is 22.4. The molecule has 3 heterocycles. The van der Waals surface area contributed by atoms with Crippen molar-refractivity contribution in [1.29, 1.82) is 0 Å². The summed E-state index contributed by atoms with van der Waals surface area (Å²) in [6.07, 6.45) is 2.60. The van der Waals surface area contributed by atoms with Crippen molar-refractivity contribution >= 4 is 23.3 Å². The minimum atomic E-state index is -0.548. The normalized spacial score (nSPS) is 25.3. The van der Waals surface area contributed by atoms with Gasteiger partial charge in [-0.25, -0.2) is 4.79 Å². The summed E-state index contributed by atoms with van der Waals surface area (Å²) in [6, 6.07) is 1.50. The highest BCUT2D eigenvalue weighted by atomic mass is 35.5. The van der Waals surface area contributed by atoms with Gasteiger partial charge in [0.15, 0.2) is 5.79 Å². The van der Waals surface area contributed by atoms with Crippen LogP contribution in [0.5, 0.6) is 5.75 Å². The zero-order valence-electron chi connectivity index (χ0n) is 17.9. The first kappa shape index (κ1) is 22.6. The number of nitrogens with two attached hydrogens (primary N) is 1. The second-order valence-electron chi connectivity index (χ2n) is 8.68. The molecule has 8 nitrogen and oxygen atoms in total. The van der Waals surface area contributed by atoms with Gasteiger partial charge in [-0.3, -0.25) is 0 Å². The van der Waals surface area contributed by atoms with Gasteiger partial charge in [0.25, 0.3) is 0 Å². The molecule has 0 unspecified atom stereocenters. The number of aliphatic hydroxyl groups excluding tert-OH is 1. The summed E-state index contributed by atoms with van der Waals surface area (Å²) in [6.45, 7) is 6.19. The van der Waals surface area contributed by atoms with Crippen molar-refractivity contribution in [2.45, 2.75) is 44.5 Å². The van der Waals surface area contributed by atoms with Gasteiger partial charge in [0.2, 0.25) is 0 Å². The summed E-state index contributed by atoms with van der Waals surface area (Å²) >= 11 is 6.17. The van der Waals surface area contributed by atoms with Gasteiger partial charge in [0.05, 0.1) is 43.2 Å². The van der Waals surface area contributed by atoms with E-state index in [1.807, 2.05) is 6.92 Å². The first-order valence-corrected chi connectivity index (χ1v) is 11.3. The summed E-state index contributed by atoms with van der Waals surface area (Å²) in [4.78, 5) is 14.9. The molecule has 1 aromatic carbocycles. The fourth-order valence-corrected chi connectivity index (χ4v) is 4.77. The number of ether oxygens (including phenoxy) is 4. The van der Waals surface area contributed by atoms with Crippen molar-refractivity contribution < 1.29 is 28.8 Å². The van der Waals surface area contributed by atoms with Crippen molar-refractivity contribution in [2.75, 3.05) is 51.8 Å². The predicted molar refractivity (Wildman–Crippen MR) is 115 cm³/mol. The molecule has 31 heavy (non-hydrogen) atoms. The number of likely N-dealkylation sites (tertiary alicyclic amines) is 1. The molecule has 0 bridgehead atoms. The minimum absolute atomic E-state index is 0.0996. The van der Waals surface area contributed by atoms with Gasteiger partial charge in [0, 0.05) is 30.9 Å². The van der Waals surface area contributed by atoms with E-state index in [1.54, 1.807) is 0 Å². The number of carbonyl (C=O) groups excluding carboxylic acids is 1. The molecule has 172 valence electrons. The van der Waals surface area contributed by atoms with Crippen LogP contribution in [0.2, 0.25) is 5.02 Å². The molecule has 2 atom stereocenters. The smallest absolute Gasteiger partial charge is 0.341 e. The van der Waals surface area contributed by atoms with E-state index >= 15 is 0 Å². The maximum Gasteiger partial charge on any atom is 0.341 e. The molecule has 0 amide bonds. The lowest BCUT2D eigenvalue weighted by Crippen LogP contribution is -2.46. The number of hydrogen-bond donors (Lipinski definition) is 2. The van der Waals surface area contributed by atoms with E-state index in [9.17, 15) is 9.90 Å². The highest BCUT2D eigenvalue weighted by Crippen LogP contribution is 2.39. The molecule has 3 aliphatic rings. The van der Waals surface area contributed by atoms with Gasteiger partial charge in [-0.05, 0) is 38.9 Å². The van der Waals surface area contributed by atoms with E-state index in [2.05, 4.69) is 4.90 Å². The topological polar surface area (TPSA) is 103 Å². The molecule has 0 radical (unpaired) electrons. The average molecular weight is 455 g/mol. The number of esters is 1. The lowest BCUT2D eigenvalue weighted by atomic mass is 9.94. The first-order chi connectivity index (χ1) is 14.9. The lowest BCUT2D eigenvalue weighted by molar-refractivity contribution is -0.148. The van der Waals surface area contributed by atoms with Gasteiger partial charge in [-0.2, -0.15) is 0 Å². The summed E-state index contributed by atoms with van der Waals surface area (Å²) in [5.41, 5.74) is 7.49. The maximum absolute atomic E-state index is 12.7. The Morgan fingerprint density at radius 1 is 1.39 bits per heavy atom. The van der Waals surface area contributed by atoms with Gasteiger partial charge in [-0.15, -0.1) is 0 Å². The van der Waals surface area contributed by atoms with Crippen LogP contribution in [0.3, 0.4) is 0 Å². The van der Waals surface area contributed by atoms with Crippen molar-refractivity contribution in [1.82, 2.24) is 4.90 Å². The van der Waals surface area contributed by atoms with Crippen LogP contribution in [0, 0.1) is 5.92 Å². The van der Waals surface area contributed by atoms with Crippen molar-refractivity contribution in [3.05, 3.63) is 22.2 Å². The average Bonchev–Trinajstić information content (AvgIpc) is 3.40. The van der Waals surface area contributed by atoms with Gasteiger partial charge in [0.1, 0.15) is 11.3 Å². The van der Waals surface area contributed by atoms with E-state index in [0.717, 1.165) is 37.9 Å². The van der Waals surface area contributed by atoms with Crippen LogP contribution in [0.4, 0.5) is 5.69 Å². The Labute approximate surface area is 187 Å². The van der Waals surface area contributed by atoms with E-state index in [1.165, 1.54) is 6.07 Å². The van der Waals surface area contributed by atoms with Crippen molar-refractivity contribution in [3.63, 3.8) is 0 Å². The third kappa shape index (κ3) is 5.09. The standard InChI is InChI=1S/C22H31ClN2O6/c1-22(30-9-10-31-22)5-2-6-25-7-3-14(18(26)12-25)13-29-21(27)16-11-17(23)19(24)15-4-8-28-20(15)16/h11,14,18,26H,2-10,12-13,24H2,1H3/t14-,18+/m0/s1. The number of carbonyl (C=O) groups is 1. The molecule has 0 aliphatic carbocycles. The number of aliphatic hydroxyl groups is 1. The molecule has 0 spiro atoms. The number of anilines is 1. The molecule has 0 saturated carbocycles. The van der Waals surface area contributed by atoms with Crippen LogP contribution in [-0.2, 0) is 20.6 Å². The summed E-state index contributed by atoms with van der Waals surface area (Å²) in [5.74, 6) is -0.608. The van der Waals surface area contributed by atoms with E-state index in [0.29, 0.717) is 54.8 Å². The number of fused-ring (bicyclic) bond motifs is 1. The SMILES string of the molecule is CC1(CCCN2CC[C@@H](COC(=O)c3cc(Cl)c(N)c4c3OCC4)[C@H](O)C2)OCCO1. The Kier molecular flexibility index (Phi) is 6.93. The van der Waals surface area contributed by atoms with E-state index in [4.69, 9.17) is 36.3 Å².